The monoisotopic (exact) mass is 481 g/mol. The Morgan fingerprint density at radius 3 is 2.31 bits per heavy atom. The van der Waals surface area contributed by atoms with E-state index in [0.29, 0.717) is 37.7 Å². The number of ether oxygens (including phenoxy) is 2. The molecule has 1 aromatic carbocycles. The van der Waals surface area contributed by atoms with Crippen LogP contribution >= 0.6 is 0 Å². The number of methoxy groups -OCH3 is 2. The highest BCUT2D eigenvalue weighted by Gasteiger charge is 2.36. The molecular weight excluding hydrogens is 446 g/mol. The van der Waals surface area contributed by atoms with Gasteiger partial charge in [-0.3, -0.25) is 9.59 Å². The van der Waals surface area contributed by atoms with Gasteiger partial charge in [0, 0.05) is 43.7 Å². The lowest BCUT2D eigenvalue weighted by Crippen LogP contribution is -2.53. The number of aromatic nitrogens is 2. The summed E-state index contributed by atoms with van der Waals surface area (Å²) in [5, 5.41) is 8.83. The van der Waals surface area contributed by atoms with Crippen LogP contribution in [-0.2, 0) is 9.59 Å². The van der Waals surface area contributed by atoms with Crippen molar-refractivity contribution in [2.24, 2.45) is 5.92 Å². The van der Waals surface area contributed by atoms with Gasteiger partial charge >= 0.3 is 0 Å². The standard InChI is InChI=1S/C26H35N5O4/c1-5-18(2)31(26(33)19-6-7-19)17-25(32)30-14-12-29(13-15-30)24-11-9-21(27-28-24)20-8-10-22(34-3)23(16-20)35-4/h8-11,16,18-19H,5-7,12-15,17H2,1-4H3. The number of rotatable bonds is 9. The Kier molecular flexibility index (Phi) is 7.73. The summed E-state index contributed by atoms with van der Waals surface area (Å²) in [5.41, 5.74) is 1.64. The van der Waals surface area contributed by atoms with Gasteiger partial charge in [-0.15, -0.1) is 10.2 Å². The van der Waals surface area contributed by atoms with Crippen molar-refractivity contribution in [3.8, 4) is 22.8 Å². The lowest BCUT2D eigenvalue weighted by molar-refractivity contribution is -0.143. The number of carbonyl (C=O) groups is 2. The van der Waals surface area contributed by atoms with Crippen molar-refractivity contribution >= 4 is 17.6 Å². The quantitative estimate of drug-likeness (QED) is 0.544. The second kappa shape index (κ2) is 10.9. The van der Waals surface area contributed by atoms with Crippen molar-refractivity contribution < 1.29 is 19.1 Å². The fourth-order valence-electron chi connectivity index (χ4n) is 4.31. The van der Waals surface area contributed by atoms with Crippen LogP contribution in [0.3, 0.4) is 0 Å². The van der Waals surface area contributed by atoms with Crippen LogP contribution in [0.1, 0.15) is 33.1 Å². The highest BCUT2D eigenvalue weighted by molar-refractivity contribution is 5.87. The van der Waals surface area contributed by atoms with Crippen LogP contribution in [0, 0.1) is 5.92 Å². The van der Waals surface area contributed by atoms with E-state index in [2.05, 4.69) is 22.0 Å². The molecular formula is C26H35N5O4. The number of carbonyl (C=O) groups excluding carboxylic acids is 2. The fourth-order valence-corrected chi connectivity index (χ4v) is 4.31. The van der Waals surface area contributed by atoms with E-state index in [9.17, 15) is 9.59 Å². The molecule has 2 aliphatic rings. The van der Waals surface area contributed by atoms with Gasteiger partial charge in [-0.05, 0) is 56.5 Å². The number of piperazine rings is 1. The predicted octanol–water partition coefficient (Wildman–Crippen LogP) is 2.85. The highest BCUT2D eigenvalue weighted by atomic mass is 16.5. The number of amides is 2. The molecule has 2 fully saturated rings. The van der Waals surface area contributed by atoms with E-state index in [1.54, 1.807) is 19.1 Å². The average molecular weight is 482 g/mol. The van der Waals surface area contributed by atoms with E-state index in [1.165, 1.54) is 0 Å². The molecule has 2 aromatic rings. The maximum Gasteiger partial charge on any atom is 0.242 e. The summed E-state index contributed by atoms with van der Waals surface area (Å²) in [6, 6.07) is 9.62. The third kappa shape index (κ3) is 5.66. The lowest BCUT2D eigenvalue weighted by Gasteiger charge is -2.37. The Morgan fingerprint density at radius 1 is 1.03 bits per heavy atom. The molecule has 0 radical (unpaired) electrons. The first-order chi connectivity index (χ1) is 16.9. The number of anilines is 1. The van der Waals surface area contributed by atoms with Crippen molar-refractivity contribution in [3.05, 3.63) is 30.3 Å². The van der Waals surface area contributed by atoms with Gasteiger partial charge in [-0.25, -0.2) is 0 Å². The number of nitrogens with zero attached hydrogens (tertiary/aromatic N) is 5. The minimum Gasteiger partial charge on any atom is -0.493 e. The topological polar surface area (TPSA) is 88.1 Å². The summed E-state index contributed by atoms with van der Waals surface area (Å²) in [7, 11) is 3.21. The molecule has 1 atom stereocenters. The molecule has 2 amide bonds. The summed E-state index contributed by atoms with van der Waals surface area (Å²) >= 11 is 0. The van der Waals surface area contributed by atoms with Crippen LogP contribution in [0.4, 0.5) is 5.82 Å². The third-order valence-electron chi connectivity index (χ3n) is 6.92. The molecule has 188 valence electrons. The minimum atomic E-state index is 0.0221. The molecule has 1 saturated carbocycles. The Balaban J connectivity index is 1.34. The van der Waals surface area contributed by atoms with Crippen LogP contribution in [0.15, 0.2) is 30.3 Å². The molecule has 35 heavy (non-hydrogen) atoms. The Bertz CT molecular complexity index is 1030. The molecule has 9 nitrogen and oxygen atoms in total. The van der Waals surface area contributed by atoms with E-state index in [4.69, 9.17) is 9.47 Å². The van der Waals surface area contributed by atoms with Crippen LogP contribution in [0.5, 0.6) is 11.5 Å². The SMILES string of the molecule is CCC(C)N(CC(=O)N1CCN(c2ccc(-c3ccc(OC)c(OC)c3)nn2)CC1)C(=O)C1CC1. The second-order valence-corrected chi connectivity index (χ2v) is 9.21. The van der Waals surface area contributed by atoms with Crippen LogP contribution in [0.25, 0.3) is 11.3 Å². The molecule has 4 rings (SSSR count). The van der Waals surface area contributed by atoms with Gasteiger partial charge in [0.15, 0.2) is 17.3 Å². The largest absolute Gasteiger partial charge is 0.493 e. The first-order valence-corrected chi connectivity index (χ1v) is 12.3. The van der Waals surface area contributed by atoms with E-state index in [-0.39, 0.29) is 30.3 Å². The van der Waals surface area contributed by atoms with Gasteiger partial charge < -0.3 is 24.2 Å². The molecule has 0 spiro atoms. The summed E-state index contributed by atoms with van der Waals surface area (Å²) in [5.74, 6) is 2.37. The molecule has 2 heterocycles. The first-order valence-electron chi connectivity index (χ1n) is 12.3. The lowest BCUT2D eigenvalue weighted by atomic mass is 10.1. The van der Waals surface area contributed by atoms with Gasteiger partial charge in [0.1, 0.15) is 0 Å². The first kappa shape index (κ1) is 24.8. The molecule has 9 heteroatoms. The summed E-state index contributed by atoms with van der Waals surface area (Å²) < 4.78 is 10.7. The molecule has 1 aromatic heterocycles. The molecule has 1 aliphatic carbocycles. The molecule has 0 N–H and O–H groups in total. The van der Waals surface area contributed by atoms with Crippen molar-refractivity contribution in [2.75, 3.05) is 51.8 Å². The van der Waals surface area contributed by atoms with Gasteiger partial charge in [0.2, 0.25) is 11.8 Å². The van der Waals surface area contributed by atoms with Crippen LogP contribution < -0.4 is 14.4 Å². The normalized spacial score (nSPS) is 16.6. The Labute approximate surface area is 207 Å². The van der Waals surface area contributed by atoms with Crippen molar-refractivity contribution in [1.82, 2.24) is 20.0 Å². The smallest absolute Gasteiger partial charge is 0.242 e. The Hall–Kier alpha value is -3.36. The number of hydrogen-bond acceptors (Lipinski definition) is 7. The zero-order valence-corrected chi connectivity index (χ0v) is 21.1. The van der Waals surface area contributed by atoms with Crippen molar-refractivity contribution in [1.29, 1.82) is 0 Å². The van der Waals surface area contributed by atoms with E-state index in [1.807, 2.05) is 42.2 Å². The van der Waals surface area contributed by atoms with Crippen LogP contribution in [-0.4, -0.2) is 84.8 Å². The van der Waals surface area contributed by atoms with E-state index < -0.39 is 0 Å². The van der Waals surface area contributed by atoms with E-state index >= 15 is 0 Å². The predicted molar refractivity (Wildman–Crippen MR) is 134 cm³/mol. The van der Waals surface area contributed by atoms with Gasteiger partial charge in [0.05, 0.1) is 26.5 Å². The van der Waals surface area contributed by atoms with Gasteiger partial charge in [-0.1, -0.05) is 6.92 Å². The summed E-state index contributed by atoms with van der Waals surface area (Å²) in [6.07, 6.45) is 2.74. The highest BCUT2D eigenvalue weighted by Crippen LogP contribution is 2.33. The number of hydrogen-bond donors (Lipinski definition) is 0. The van der Waals surface area contributed by atoms with Crippen LogP contribution in [0.2, 0.25) is 0 Å². The number of benzene rings is 1. The van der Waals surface area contributed by atoms with Gasteiger partial charge in [-0.2, -0.15) is 0 Å². The molecule has 1 aliphatic heterocycles. The van der Waals surface area contributed by atoms with Gasteiger partial charge in [0.25, 0.3) is 0 Å². The molecule has 1 saturated heterocycles. The Morgan fingerprint density at radius 2 is 1.74 bits per heavy atom. The molecule has 0 bridgehead atoms. The zero-order valence-electron chi connectivity index (χ0n) is 21.1. The van der Waals surface area contributed by atoms with Crippen molar-refractivity contribution in [2.45, 2.75) is 39.2 Å². The second-order valence-electron chi connectivity index (χ2n) is 9.21. The van der Waals surface area contributed by atoms with Crippen molar-refractivity contribution in [3.63, 3.8) is 0 Å². The summed E-state index contributed by atoms with van der Waals surface area (Å²) in [4.78, 5) is 31.4. The van der Waals surface area contributed by atoms with E-state index in [0.717, 1.165) is 36.3 Å². The summed E-state index contributed by atoms with van der Waals surface area (Å²) in [6.45, 7) is 6.80. The average Bonchev–Trinajstić information content (AvgIpc) is 3.76. The fraction of sp³-hybridized carbons (Fsp3) is 0.538. The zero-order chi connectivity index (χ0) is 24.9. The minimum absolute atomic E-state index is 0.0221. The third-order valence-corrected chi connectivity index (χ3v) is 6.92. The molecule has 1 unspecified atom stereocenters. The maximum atomic E-state index is 13.0. The maximum absolute atomic E-state index is 13.0.